The lowest BCUT2D eigenvalue weighted by molar-refractivity contribution is -0.231. The summed E-state index contributed by atoms with van der Waals surface area (Å²) in [5.41, 5.74) is -3.07. The first-order valence-electron chi connectivity index (χ1n) is 6.19. The van der Waals surface area contributed by atoms with E-state index in [0.29, 0.717) is 0 Å². The van der Waals surface area contributed by atoms with Crippen LogP contribution in [0, 0.1) is 0 Å². The van der Waals surface area contributed by atoms with Gasteiger partial charge in [-0.05, 0) is 20.8 Å². The number of ether oxygens (including phenoxy) is 1. The van der Waals surface area contributed by atoms with Gasteiger partial charge >= 0.3 is 6.09 Å². The van der Waals surface area contributed by atoms with Crippen LogP contribution in [0.3, 0.4) is 0 Å². The molecule has 0 bridgehead atoms. The Balaban J connectivity index is 2.56. The fraction of sp³-hybridized carbons (Fsp3) is 0.833. The van der Waals surface area contributed by atoms with Gasteiger partial charge in [-0.15, -0.1) is 0 Å². The minimum absolute atomic E-state index is 0.533. The Hall–Kier alpha value is -1.44. The molecule has 6 nitrogen and oxygen atoms in total. The van der Waals surface area contributed by atoms with Crippen LogP contribution >= 0.6 is 0 Å². The third-order valence-electron chi connectivity index (χ3n) is 2.80. The first-order valence-corrected chi connectivity index (χ1v) is 6.19. The van der Waals surface area contributed by atoms with E-state index in [0.717, 1.165) is 11.8 Å². The SMILES string of the molecule is CC(=O)NCC(F)(F)C1(O)CN(C(=O)OC(C)(C)C)C1. The summed E-state index contributed by atoms with van der Waals surface area (Å²) in [4.78, 5) is 23.2. The van der Waals surface area contributed by atoms with E-state index in [2.05, 4.69) is 0 Å². The fourth-order valence-corrected chi connectivity index (χ4v) is 1.67. The largest absolute Gasteiger partial charge is 0.444 e. The molecule has 0 saturated carbocycles. The van der Waals surface area contributed by atoms with Crippen LogP contribution < -0.4 is 5.32 Å². The number of carbonyl (C=O) groups excluding carboxylic acids is 2. The molecule has 2 N–H and O–H groups in total. The summed E-state index contributed by atoms with van der Waals surface area (Å²) >= 11 is 0. The molecule has 2 amide bonds. The van der Waals surface area contributed by atoms with Gasteiger partial charge in [-0.2, -0.15) is 0 Å². The van der Waals surface area contributed by atoms with Crippen LogP contribution in [-0.2, 0) is 9.53 Å². The number of rotatable bonds is 3. The van der Waals surface area contributed by atoms with E-state index in [-0.39, 0.29) is 0 Å². The van der Waals surface area contributed by atoms with Gasteiger partial charge in [0.05, 0.1) is 19.6 Å². The average Bonchev–Trinajstić information content (AvgIpc) is 2.19. The van der Waals surface area contributed by atoms with Crippen molar-refractivity contribution >= 4 is 12.0 Å². The van der Waals surface area contributed by atoms with Crippen molar-refractivity contribution in [1.29, 1.82) is 0 Å². The fourth-order valence-electron chi connectivity index (χ4n) is 1.67. The van der Waals surface area contributed by atoms with Crippen LogP contribution in [-0.4, -0.2) is 58.8 Å². The van der Waals surface area contributed by atoms with E-state index < -0.39 is 48.8 Å². The van der Waals surface area contributed by atoms with Crippen molar-refractivity contribution < 1.29 is 28.2 Å². The van der Waals surface area contributed by atoms with Gasteiger partial charge < -0.3 is 20.1 Å². The second-order valence-electron chi connectivity index (χ2n) is 5.98. The maximum atomic E-state index is 13.7. The molecule has 0 radical (unpaired) electrons. The molecule has 0 atom stereocenters. The van der Waals surface area contributed by atoms with Gasteiger partial charge in [0.1, 0.15) is 5.60 Å². The van der Waals surface area contributed by atoms with Crippen molar-refractivity contribution in [1.82, 2.24) is 10.2 Å². The van der Waals surface area contributed by atoms with Crippen LogP contribution in [0.5, 0.6) is 0 Å². The monoisotopic (exact) mass is 294 g/mol. The molecule has 0 spiro atoms. The molecule has 1 aliphatic rings. The molecular weight excluding hydrogens is 274 g/mol. The topological polar surface area (TPSA) is 78.9 Å². The molecule has 8 heteroatoms. The Morgan fingerprint density at radius 2 is 1.85 bits per heavy atom. The summed E-state index contributed by atoms with van der Waals surface area (Å²) in [7, 11) is 0. The van der Waals surface area contributed by atoms with Crippen LogP contribution in [0.25, 0.3) is 0 Å². The second kappa shape index (κ2) is 5.16. The molecule has 1 aliphatic heterocycles. The van der Waals surface area contributed by atoms with Crippen LogP contribution in [0.4, 0.5) is 13.6 Å². The van der Waals surface area contributed by atoms with Gasteiger partial charge in [0.25, 0.3) is 5.92 Å². The first-order chi connectivity index (χ1) is 8.86. The van der Waals surface area contributed by atoms with E-state index in [9.17, 15) is 23.5 Å². The van der Waals surface area contributed by atoms with E-state index in [1.807, 2.05) is 5.32 Å². The van der Waals surface area contributed by atoms with E-state index in [1.54, 1.807) is 20.8 Å². The highest BCUT2D eigenvalue weighted by molar-refractivity contribution is 5.73. The highest BCUT2D eigenvalue weighted by Crippen LogP contribution is 2.36. The number of alkyl halides is 2. The third-order valence-corrected chi connectivity index (χ3v) is 2.80. The number of halogens is 2. The molecule has 0 aromatic heterocycles. The summed E-state index contributed by atoms with van der Waals surface area (Å²) in [6.45, 7) is 4.03. The first kappa shape index (κ1) is 16.6. The van der Waals surface area contributed by atoms with Gasteiger partial charge in [0.2, 0.25) is 5.91 Å². The number of hydrogen-bond donors (Lipinski definition) is 2. The van der Waals surface area contributed by atoms with Crippen molar-refractivity contribution in [3.8, 4) is 0 Å². The summed E-state index contributed by atoms with van der Waals surface area (Å²) in [5, 5.41) is 11.8. The maximum absolute atomic E-state index is 13.7. The van der Waals surface area contributed by atoms with Gasteiger partial charge in [-0.3, -0.25) is 4.79 Å². The molecule has 116 valence electrons. The summed E-state index contributed by atoms with van der Waals surface area (Å²) in [5.74, 6) is -4.13. The molecule has 0 aromatic carbocycles. The zero-order valence-corrected chi connectivity index (χ0v) is 12.0. The van der Waals surface area contributed by atoms with E-state index in [1.165, 1.54) is 0 Å². The predicted octanol–water partition coefficient (Wildman–Crippen LogP) is 0.740. The van der Waals surface area contributed by atoms with Gasteiger partial charge in [0.15, 0.2) is 5.60 Å². The van der Waals surface area contributed by atoms with Gasteiger partial charge in [0, 0.05) is 6.92 Å². The van der Waals surface area contributed by atoms with Crippen molar-refractivity contribution in [3.63, 3.8) is 0 Å². The Labute approximate surface area is 116 Å². The number of nitrogens with one attached hydrogen (secondary N) is 1. The van der Waals surface area contributed by atoms with Crippen LogP contribution in [0.15, 0.2) is 0 Å². The molecule has 0 aliphatic carbocycles. The second-order valence-corrected chi connectivity index (χ2v) is 5.98. The Morgan fingerprint density at radius 1 is 1.35 bits per heavy atom. The van der Waals surface area contributed by atoms with Gasteiger partial charge in [-0.1, -0.05) is 0 Å². The van der Waals surface area contributed by atoms with Crippen molar-refractivity contribution in [3.05, 3.63) is 0 Å². The third kappa shape index (κ3) is 3.78. The number of β-amino-alcohol motifs (C(OH)–C–C–N with tert-alkyl or cyclic N) is 1. The lowest BCUT2D eigenvalue weighted by Crippen LogP contribution is -2.73. The summed E-state index contributed by atoms with van der Waals surface area (Å²) in [6, 6.07) is 0. The van der Waals surface area contributed by atoms with Crippen LogP contribution in [0.1, 0.15) is 27.7 Å². The highest BCUT2D eigenvalue weighted by atomic mass is 19.3. The average molecular weight is 294 g/mol. The molecule has 0 aromatic rings. The zero-order valence-electron chi connectivity index (χ0n) is 12.0. The van der Waals surface area contributed by atoms with E-state index >= 15 is 0 Å². The lowest BCUT2D eigenvalue weighted by atomic mass is 9.87. The Morgan fingerprint density at radius 3 is 2.25 bits per heavy atom. The molecule has 0 unspecified atom stereocenters. The molecule has 1 fully saturated rings. The number of likely N-dealkylation sites (tertiary alicyclic amines) is 1. The number of nitrogens with zero attached hydrogens (tertiary/aromatic N) is 1. The predicted molar refractivity (Wildman–Crippen MR) is 66.4 cm³/mol. The Kier molecular flexibility index (Phi) is 4.28. The molecule has 1 heterocycles. The molecule has 1 rings (SSSR count). The van der Waals surface area contributed by atoms with Crippen molar-refractivity contribution in [2.24, 2.45) is 0 Å². The quantitative estimate of drug-likeness (QED) is 0.804. The van der Waals surface area contributed by atoms with Gasteiger partial charge in [-0.25, -0.2) is 13.6 Å². The van der Waals surface area contributed by atoms with E-state index in [4.69, 9.17) is 4.74 Å². The number of amides is 2. The molecule has 1 saturated heterocycles. The Bertz CT molecular complexity index is 401. The normalized spacial score (nSPS) is 18.2. The summed E-state index contributed by atoms with van der Waals surface area (Å²) < 4.78 is 32.5. The lowest BCUT2D eigenvalue weighted by Gasteiger charge is -2.49. The smallest absolute Gasteiger partial charge is 0.410 e. The summed E-state index contributed by atoms with van der Waals surface area (Å²) in [6.07, 6.45) is -0.752. The van der Waals surface area contributed by atoms with Crippen LogP contribution in [0.2, 0.25) is 0 Å². The van der Waals surface area contributed by atoms with Crippen molar-refractivity contribution in [2.75, 3.05) is 19.6 Å². The molecule has 20 heavy (non-hydrogen) atoms. The maximum Gasteiger partial charge on any atom is 0.410 e. The standard InChI is InChI=1S/C12H20F2N2O4/c1-8(17)15-5-12(13,14)11(19)6-16(7-11)9(18)20-10(2,3)4/h19H,5-7H2,1-4H3,(H,15,17). The number of aliphatic hydroxyl groups is 1. The number of hydrogen-bond acceptors (Lipinski definition) is 4. The number of carbonyl (C=O) groups is 2. The zero-order chi connectivity index (χ0) is 15.8. The van der Waals surface area contributed by atoms with Crippen molar-refractivity contribution in [2.45, 2.75) is 44.8 Å². The highest BCUT2D eigenvalue weighted by Gasteiger charge is 2.61. The minimum Gasteiger partial charge on any atom is -0.444 e. The minimum atomic E-state index is -3.52. The molecular formula is C12H20F2N2O4.